The van der Waals surface area contributed by atoms with Gasteiger partial charge in [-0.3, -0.25) is 9.59 Å². The smallest absolute Gasteiger partial charge is 0.272 e. The van der Waals surface area contributed by atoms with E-state index in [1.165, 1.54) is 6.07 Å². The first-order chi connectivity index (χ1) is 14.6. The number of aromatic amines is 1. The molecule has 6 nitrogen and oxygen atoms in total. The number of likely N-dealkylation sites (tertiary alicyclic amines) is 1. The normalized spacial score (nSPS) is 16.3. The molecule has 0 saturated carbocycles. The number of nitrogens with one attached hydrogen (secondary N) is 1. The lowest BCUT2D eigenvalue weighted by atomic mass is 10.0. The first kappa shape index (κ1) is 20.2. The number of benzene rings is 2. The summed E-state index contributed by atoms with van der Waals surface area (Å²) in [6.07, 6.45) is 2.08. The molecule has 0 bridgehead atoms. The third-order valence-electron chi connectivity index (χ3n) is 5.40. The fourth-order valence-corrected chi connectivity index (χ4v) is 3.85. The van der Waals surface area contributed by atoms with Crippen LogP contribution in [-0.4, -0.2) is 46.8 Å². The minimum absolute atomic E-state index is 0.0110. The van der Waals surface area contributed by atoms with Gasteiger partial charge in [0.25, 0.3) is 11.5 Å². The van der Waals surface area contributed by atoms with Crippen molar-refractivity contribution >= 4 is 16.7 Å². The fraction of sp³-hybridized carbons (Fsp3) is 0.348. The number of rotatable bonds is 6. The number of fused-ring (bicyclic) bond motifs is 1. The van der Waals surface area contributed by atoms with Gasteiger partial charge in [0, 0.05) is 31.5 Å². The van der Waals surface area contributed by atoms with Gasteiger partial charge in [0.15, 0.2) is 0 Å². The van der Waals surface area contributed by atoms with Gasteiger partial charge >= 0.3 is 0 Å². The van der Waals surface area contributed by atoms with Crippen LogP contribution in [0.3, 0.4) is 0 Å². The molecule has 2 heterocycles. The highest BCUT2D eigenvalue weighted by Crippen LogP contribution is 2.21. The zero-order valence-electron chi connectivity index (χ0n) is 16.9. The van der Waals surface area contributed by atoms with Crippen molar-refractivity contribution < 1.29 is 13.9 Å². The summed E-state index contributed by atoms with van der Waals surface area (Å²) >= 11 is 0. The summed E-state index contributed by atoms with van der Waals surface area (Å²) in [6.45, 7) is 3.74. The molecule has 0 aliphatic carbocycles. The van der Waals surface area contributed by atoms with Gasteiger partial charge in [-0.25, -0.2) is 9.49 Å². The van der Waals surface area contributed by atoms with Crippen LogP contribution in [0.5, 0.6) is 0 Å². The van der Waals surface area contributed by atoms with Gasteiger partial charge in [-0.1, -0.05) is 31.2 Å². The molecule has 1 aliphatic rings. The molecule has 1 N–H and O–H groups in total. The standard InChI is InChI=1S/C23H24FN3O3/c1-2-11-30-16-9-10-27(14-16)23(29)19-12-15(7-8-20(19)24)13-21-17-5-3-4-6-18(17)22(28)26-25-21/h3-8,12,16H,2,9-11,13-14H2,1H3,(H,26,28). The highest BCUT2D eigenvalue weighted by molar-refractivity contribution is 5.95. The van der Waals surface area contributed by atoms with Crippen LogP contribution >= 0.6 is 0 Å². The highest BCUT2D eigenvalue weighted by atomic mass is 19.1. The van der Waals surface area contributed by atoms with Crippen LogP contribution in [0.4, 0.5) is 4.39 Å². The molecule has 156 valence electrons. The van der Waals surface area contributed by atoms with Crippen LogP contribution in [0.15, 0.2) is 47.3 Å². The van der Waals surface area contributed by atoms with E-state index in [2.05, 4.69) is 10.2 Å². The molecule has 0 spiro atoms. The van der Waals surface area contributed by atoms with Gasteiger partial charge in [-0.05, 0) is 36.6 Å². The van der Waals surface area contributed by atoms with Crippen molar-refractivity contribution in [3.8, 4) is 0 Å². The molecule has 1 atom stereocenters. The Bertz CT molecular complexity index is 1130. The number of nitrogens with zero attached hydrogens (tertiary/aromatic N) is 2. The minimum Gasteiger partial charge on any atom is -0.376 e. The fourth-order valence-electron chi connectivity index (χ4n) is 3.85. The van der Waals surface area contributed by atoms with E-state index in [1.807, 2.05) is 19.1 Å². The summed E-state index contributed by atoms with van der Waals surface area (Å²) in [5.74, 6) is -0.864. The summed E-state index contributed by atoms with van der Waals surface area (Å²) in [6, 6.07) is 11.8. The lowest BCUT2D eigenvalue weighted by Gasteiger charge is -2.17. The van der Waals surface area contributed by atoms with Gasteiger partial charge in [-0.15, -0.1) is 0 Å². The number of amides is 1. The van der Waals surface area contributed by atoms with Crippen molar-refractivity contribution in [3.05, 3.63) is 75.5 Å². The van der Waals surface area contributed by atoms with Crippen LogP contribution in [0.1, 0.15) is 41.4 Å². The van der Waals surface area contributed by atoms with Gasteiger partial charge in [0.1, 0.15) is 5.82 Å². The Labute approximate surface area is 173 Å². The van der Waals surface area contributed by atoms with E-state index in [1.54, 1.807) is 29.2 Å². The van der Waals surface area contributed by atoms with E-state index in [0.717, 1.165) is 23.8 Å². The monoisotopic (exact) mass is 409 g/mol. The second-order valence-electron chi connectivity index (χ2n) is 7.57. The van der Waals surface area contributed by atoms with E-state index >= 15 is 0 Å². The Balaban J connectivity index is 1.57. The van der Waals surface area contributed by atoms with Crippen LogP contribution in [0.2, 0.25) is 0 Å². The molecule has 2 aromatic carbocycles. The van der Waals surface area contributed by atoms with E-state index in [9.17, 15) is 14.0 Å². The zero-order chi connectivity index (χ0) is 21.1. The van der Waals surface area contributed by atoms with E-state index in [4.69, 9.17) is 4.74 Å². The number of aromatic nitrogens is 2. The predicted molar refractivity (Wildman–Crippen MR) is 112 cm³/mol. The Morgan fingerprint density at radius 3 is 2.87 bits per heavy atom. The van der Waals surface area contributed by atoms with Crippen LogP contribution in [0, 0.1) is 5.82 Å². The molecular weight excluding hydrogens is 385 g/mol. The number of hydrogen-bond acceptors (Lipinski definition) is 4. The van der Waals surface area contributed by atoms with E-state index < -0.39 is 5.82 Å². The van der Waals surface area contributed by atoms with E-state index in [0.29, 0.717) is 37.2 Å². The Morgan fingerprint density at radius 2 is 2.07 bits per heavy atom. The molecule has 1 unspecified atom stereocenters. The molecule has 1 fully saturated rings. The first-order valence-corrected chi connectivity index (χ1v) is 10.2. The van der Waals surface area contributed by atoms with Gasteiger partial charge in [0.2, 0.25) is 0 Å². The molecule has 1 aliphatic heterocycles. The number of hydrogen-bond donors (Lipinski definition) is 1. The average Bonchev–Trinajstić information content (AvgIpc) is 3.24. The maximum absolute atomic E-state index is 14.5. The maximum atomic E-state index is 14.5. The first-order valence-electron chi connectivity index (χ1n) is 10.2. The van der Waals surface area contributed by atoms with Crippen molar-refractivity contribution in [2.75, 3.05) is 19.7 Å². The Hall–Kier alpha value is -3.06. The minimum atomic E-state index is -0.541. The second-order valence-corrected chi connectivity index (χ2v) is 7.57. The van der Waals surface area contributed by atoms with Gasteiger partial charge < -0.3 is 9.64 Å². The lowest BCUT2D eigenvalue weighted by molar-refractivity contribution is 0.0537. The summed E-state index contributed by atoms with van der Waals surface area (Å²) in [5.41, 5.74) is 1.22. The van der Waals surface area contributed by atoms with Crippen molar-refractivity contribution in [1.82, 2.24) is 15.1 Å². The summed E-state index contributed by atoms with van der Waals surface area (Å²) in [7, 11) is 0. The maximum Gasteiger partial charge on any atom is 0.272 e. The molecule has 1 amide bonds. The number of carbonyl (C=O) groups excluding carboxylic acids is 1. The van der Waals surface area contributed by atoms with Crippen LogP contribution in [-0.2, 0) is 11.2 Å². The van der Waals surface area contributed by atoms with Gasteiger partial charge in [0.05, 0.1) is 22.7 Å². The molecule has 1 aromatic heterocycles. The van der Waals surface area contributed by atoms with Crippen molar-refractivity contribution in [3.63, 3.8) is 0 Å². The number of ether oxygens (including phenoxy) is 1. The predicted octanol–water partition coefficient (Wildman–Crippen LogP) is 3.29. The van der Waals surface area contributed by atoms with E-state index in [-0.39, 0.29) is 23.1 Å². The SMILES string of the molecule is CCCOC1CCN(C(=O)c2cc(Cc3n[nH]c(=O)c4ccccc34)ccc2F)C1. The molecule has 1 saturated heterocycles. The van der Waals surface area contributed by atoms with Crippen molar-refractivity contribution in [2.24, 2.45) is 0 Å². The molecule has 4 rings (SSSR count). The third-order valence-corrected chi connectivity index (χ3v) is 5.40. The second kappa shape index (κ2) is 8.75. The van der Waals surface area contributed by atoms with Crippen molar-refractivity contribution in [2.45, 2.75) is 32.3 Å². The quantitative estimate of drug-likeness (QED) is 0.678. The van der Waals surface area contributed by atoms with Crippen LogP contribution < -0.4 is 5.56 Å². The topological polar surface area (TPSA) is 75.3 Å². The number of halogens is 1. The van der Waals surface area contributed by atoms with Crippen molar-refractivity contribution in [1.29, 1.82) is 0 Å². The average molecular weight is 409 g/mol. The number of H-pyrrole nitrogens is 1. The molecular formula is C23H24FN3O3. The molecule has 0 radical (unpaired) electrons. The number of carbonyl (C=O) groups is 1. The highest BCUT2D eigenvalue weighted by Gasteiger charge is 2.29. The summed E-state index contributed by atoms with van der Waals surface area (Å²) in [4.78, 5) is 26.5. The molecule has 3 aromatic rings. The summed E-state index contributed by atoms with van der Waals surface area (Å²) in [5, 5.41) is 7.98. The van der Waals surface area contributed by atoms with Crippen LogP contribution in [0.25, 0.3) is 10.8 Å². The zero-order valence-corrected chi connectivity index (χ0v) is 16.9. The third kappa shape index (κ3) is 4.11. The summed E-state index contributed by atoms with van der Waals surface area (Å²) < 4.78 is 20.2. The Morgan fingerprint density at radius 1 is 1.27 bits per heavy atom. The Kier molecular flexibility index (Phi) is 5.90. The molecule has 7 heteroatoms. The lowest BCUT2D eigenvalue weighted by Crippen LogP contribution is -2.31. The van der Waals surface area contributed by atoms with Gasteiger partial charge in [-0.2, -0.15) is 5.10 Å². The molecule has 30 heavy (non-hydrogen) atoms. The largest absolute Gasteiger partial charge is 0.376 e.